The second-order valence-corrected chi connectivity index (χ2v) is 1.68. The van der Waals surface area contributed by atoms with E-state index < -0.39 is 48.4 Å². The van der Waals surface area contributed by atoms with Crippen LogP contribution in [0.15, 0.2) is 24.2 Å². The third-order valence-corrected chi connectivity index (χ3v) is 0.964. The number of aromatic carboxylic acids is 1. The topological polar surface area (TPSA) is 49.3 Å². The van der Waals surface area contributed by atoms with Gasteiger partial charge in [-0.05, 0) is 24.2 Å². The van der Waals surface area contributed by atoms with Crippen LogP contribution >= 0.6 is 0 Å². The van der Waals surface area contributed by atoms with Crippen LogP contribution in [-0.4, -0.2) is 18.1 Å². The maximum atomic E-state index is 10.8. The molecule has 1 aromatic carbocycles. The van der Waals surface area contributed by atoms with E-state index in [1.54, 1.807) is 0 Å². The molecular formula is C8H9NO2. The zero-order valence-electron chi connectivity index (χ0n) is 12.4. The lowest BCUT2D eigenvalue weighted by atomic mass is 10.2. The highest BCUT2D eigenvalue weighted by atomic mass is 16.4. The number of hydrogen-bond donors (Lipinski definition) is 2. The molecule has 0 aliphatic heterocycles. The minimum absolute atomic E-state index is 0.546. The van der Waals surface area contributed by atoms with Gasteiger partial charge in [0.05, 0.1) is 11.0 Å². The van der Waals surface area contributed by atoms with Crippen molar-refractivity contribution in [1.29, 1.82) is 0 Å². The molecule has 58 valence electrons. The van der Waals surface area contributed by atoms with Gasteiger partial charge < -0.3 is 10.4 Å². The molecule has 0 saturated carbocycles. The molecule has 0 aliphatic rings. The van der Waals surface area contributed by atoms with Crippen LogP contribution < -0.4 is 5.32 Å². The molecule has 0 saturated heterocycles. The summed E-state index contributed by atoms with van der Waals surface area (Å²) in [5.41, 5.74) is -1.34. The summed E-state index contributed by atoms with van der Waals surface area (Å²) in [6, 6.07) is -3.06. The van der Waals surface area contributed by atoms with Crippen LogP contribution in [0, 0.1) is 0 Å². The summed E-state index contributed by atoms with van der Waals surface area (Å²) in [6.07, 6.45) is 0. The van der Waals surface area contributed by atoms with Crippen molar-refractivity contribution in [1.82, 2.24) is 0 Å². The first-order valence-corrected chi connectivity index (χ1v) is 2.68. The van der Waals surface area contributed by atoms with E-state index in [2.05, 4.69) is 0 Å². The largest absolute Gasteiger partial charge is 0.478 e. The van der Waals surface area contributed by atoms with Crippen molar-refractivity contribution in [3.8, 4) is 0 Å². The Hall–Kier alpha value is -1.51. The molecule has 0 spiro atoms. The van der Waals surface area contributed by atoms with Crippen molar-refractivity contribution < 1.29 is 19.5 Å². The Labute approximate surface area is 74.5 Å². The maximum absolute atomic E-state index is 10.8. The molecule has 0 bridgehead atoms. The Morgan fingerprint density at radius 2 is 2.27 bits per heavy atom. The van der Waals surface area contributed by atoms with Crippen molar-refractivity contribution in [2.24, 2.45) is 0 Å². The first-order valence-electron chi connectivity index (χ1n) is 6.18. The molecule has 0 heterocycles. The summed E-state index contributed by atoms with van der Waals surface area (Å²) < 4.78 is 50.7. The molecule has 0 amide bonds. The highest BCUT2D eigenvalue weighted by Gasteiger charge is 1.99. The van der Waals surface area contributed by atoms with Crippen LogP contribution in [-0.2, 0) is 0 Å². The molecule has 3 heteroatoms. The zero-order chi connectivity index (χ0) is 14.2. The second-order valence-electron chi connectivity index (χ2n) is 1.68. The van der Waals surface area contributed by atoms with Crippen molar-refractivity contribution in [2.45, 2.75) is 0 Å². The highest BCUT2D eigenvalue weighted by Crippen LogP contribution is 2.07. The third-order valence-electron chi connectivity index (χ3n) is 0.964. The average Bonchev–Trinajstić information content (AvgIpc) is 2.20. The van der Waals surface area contributed by atoms with E-state index in [0.29, 0.717) is 0 Å². The Morgan fingerprint density at radius 1 is 1.64 bits per heavy atom. The molecule has 3 nitrogen and oxygen atoms in total. The Balaban J connectivity index is 3.54. The summed E-state index contributed by atoms with van der Waals surface area (Å²) in [4.78, 5) is 10.8. The van der Waals surface area contributed by atoms with Crippen molar-refractivity contribution >= 4 is 11.7 Å². The number of carboxylic acids is 1. The van der Waals surface area contributed by atoms with Crippen LogP contribution in [0.1, 0.15) is 20.0 Å². The van der Waals surface area contributed by atoms with E-state index in [9.17, 15) is 4.79 Å². The van der Waals surface area contributed by atoms with Gasteiger partial charge in [0.15, 0.2) is 0 Å². The lowest BCUT2D eigenvalue weighted by Gasteiger charge is -1.98. The number of nitrogens with one attached hydrogen (secondary N) is 1. The molecule has 0 radical (unpaired) electrons. The van der Waals surface area contributed by atoms with Gasteiger partial charge in [0.1, 0.15) is 0 Å². The molecule has 0 atom stereocenters. The smallest absolute Gasteiger partial charge is 0.335 e. The van der Waals surface area contributed by atoms with Gasteiger partial charge >= 0.3 is 5.97 Å². The summed E-state index contributed by atoms with van der Waals surface area (Å²) in [5.74, 6) is -1.60. The molecule has 0 aromatic heterocycles. The highest BCUT2D eigenvalue weighted by molar-refractivity contribution is 5.87. The quantitative estimate of drug-likeness (QED) is 0.684. The van der Waals surface area contributed by atoms with Gasteiger partial charge in [-0.1, -0.05) is 0 Å². The predicted octanol–water partition coefficient (Wildman–Crippen LogP) is 1.43. The van der Waals surface area contributed by atoms with Gasteiger partial charge in [0, 0.05) is 16.8 Å². The first kappa shape index (κ1) is 2.52. The fourth-order valence-corrected chi connectivity index (χ4v) is 0.482. The fraction of sp³-hybridized carbons (Fsp3) is 0.125. The van der Waals surface area contributed by atoms with Gasteiger partial charge in [-0.25, -0.2) is 4.79 Å². The molecular weight excluding hydrogens is 142 g/mol. The maximum Gasteiger partial charge on any atom is 0.335 e. The van der Waals surface area contributed by atoms with Gasteiger partial charge in [-0.2, -0.15) is 0 Å². The lowest BCUT2D eigenvalue weighted by Crippen LogP contribution is -1.96. The molecule has 0 aliphatic carbocycles. The van der Waals surface area contributed by atoms with Crippen LogP contribution in [0.5, 0.6) is 0 Å². The van der Waals surface area contributed by atoms with Crippen LogP contribution in [0.4, 0.5) is 5.69 Å². The van der Waals surface area contributed by atoms with Crippen molar-refractivity contribution in [2.75, 3.05) is 12.3 Å². The second kappa shape index (κ2) is 3.05. The van der Waals surface area contributed by atoms with Gasteiger partial charge in [-0.15, -0.1) is 0 Å². The minimum atomic E-state index is -2.70. The van der Waals surface area contributed by atoms with Gasteiger partial charge in [-0.3, -0.25) is 0 Å². The summed E-state index contributed by atoms with van der Waals surface area (Å²) >= 11 is 0. The Kier molecular flexibility index (Phi) is 0.698. The number of carboxylic acid groups (broad SMARTS) is 1. The molecule has 0 fully saturated rings. The summed E-state index contributed by atoms with van der Waals surface area (Å²) in [7, 11) is 0. The SMILES string of the molecule is [2H]c1c([2H])c(C(=O)O)c([2H])c([2H])c1NC([2H])([2H])[2H]. The number of carbonyl (C=O) groups is 1. The van der Waals surface area contributed by atoms with E-state index in [1.165, 1.54) is 0 Å². The fourth-order valence-electron chi connectivity index (χ4n) is 0.482. The Bertz CT molecular complexity index is 482. The Morgan fingerprint density at radius 3 is 2.73 bits per heavy atom. The van der Waals surface area contributed by atoms with E-state index >= 15 is 0 Å². The van der Waals surface area contributed by atoms with E-state index in [4.69, 9.17) is 14.7 Å². The monoisotopic (exact) mass is 158 g/mol. The van der Waals surface area contributed by atoms with E-state index in [0.717, 1.165) is 0 Å². The first-order chi connectivity index (χ1) is 8.06. The zero-order valence-corrected chi connectivity index (χ0v) is 5.36. The van der Waals surface area contributed by atoms with E-state index in [-0.39, 0.29) is 0 Å². The molecule has 0 unspecified atom stereocenters. The van der Waals surface area contributed by atoms with E-state index in [1.807, 2.05) is 5.32 Å². The lowest BCUT2D eigenvalue weighted by molar-refractivity contribution is 0.0697. The van der Waals surface area contributed by atoms with Crippen molar-refractivity contribution in [3.05, 3.63) is 29.7 Å². The number of rotatable bonds is 2. The molecule has 2 N–H and O–H groups in total. The molecule has 11 heavy (non-hydrogen) atoms. The third kappa shape index (κ3) is 1.70. The summed E-state index contributed by atoms with van der Waals surface area (Å²) in [5, 5.41) is 10.6. The predicted molar refractivity (Wildman–Crippen MR) is 42.9 cm³/mol. The number of hydrogen-bond acceptors (Lipinski definition) is 2. The summed E-state index contributed by atoms with van der Waals surface area (Å²) in [6.45, 7) is -2.70. The number of benzene rings is 1. The number of anilines is 1. The minimum Gasteiger partial charge on any atom is -0.478 e. The van der Waals surface area contributed by atoms with Gasteiger partial charge in [0.25, 0.3) is 0 Å². The van der Waals surface area contributed by atoms with Crippen LogP contribution in [0.3, 0.4) is 0 Å². The molecule has 1 aromatic rings. The standard InChI is InChI=1S/C8H9NO2/c1-9-7-4-2-6(3-5-7)8(10)11/h2-5,9H,1H3,(H,10,11)/i1D3,2D,3D,4D,5D. The van der Waals surface area contributed by atoms with Crippen LogP contribution in [0.2, 0.25) is 0 Å². The van der Waals surface area contributed by atoms with Gasteiger partial charge in [0.2, 0.25) is 0 Å². The normalized spacial score (nSPS) is 19.5. The van der Waals surface area contributed by atoms with Crippen LogP contribution in [0.25, 0.3) is 0 Å². The van der Waals surface area contributed by atoms with Crippen molar-refractivity contribution in [3.63, 3.8) is 0 Å². The molecule has 1 rings (SSSR count). The average molecular weight is 158 g/mol.